The molecule has 0 spiro atoms. The van der Waals surface area contributed by atoms with Crippen molar-refractivity contribution in [2.75, 3.05) is 12.4 Å². The number of nitrogens with one attached hydrogen (secondary N) is 1. The van der Waals surface area contributed by atoms with Gasteiger partial charge in [-0.1, -0.05) is 42.5 Å². The lowest BCUT2D eigenvalue weighted by atomic mass is 10.0. The molecule has 0 saturated heterocycles. The fraction of sp³-hybridized carbons (Fsp3) is 0.200. The van der Waals surface area contributed by atoms with E-state index in [2.05, 4.69) is 10.1 Å². The van der Waals surface area contributed by atoms with Crippen molar-refractivity contribution in [1.29, 1.82) is 0 Å². The summed E-state index contributed by atoms with van der Waals surface area (Å²) in [5, 5.41) is 13.5. The smallest absolute Gasteiger partial charge is 0.330 e. The van der Waals surface area contributed by atoms with Crippen molar-refractivity contribution in [3.63, 3.8) is 0 Å². The number of para-hydroxylation sites is 1. The monoisotopic (exact) mass is 354 g/mol. The third kappa shape index (κ3) is 5.75. The third-order valence-electron chi connectivity index (χ3n) is 3.78. The molecule has 1 amide bonds. The molecule has 6 heteroatoms. The average molecular weight is 354 g/mol. The number of esters is 1. The quantitative estimate of drug-likeness (QED) is 0.384. The highest BCUT2D eigenvalue weighted by atomic mass is 16.5. The summed E-state index contributed by atoms with van der Waals surface area (Å²) in [6, 6.07) is 14.6. The van der Waals surface area contributed by atoms with E-state index < -0.39 is 12.2 Å². The van der Waals surface area contributed by atoms with Gasteiger partial charge in [0.1, 0.15) is 0 Å². The second kappa shape index (κ2) is 9.39. The largest absolute Gasteiger partial charge is 0.466 e. The van der Waals surface area contributed by atoms with Gasteiger partial charge in [-0.25, -0.2) is 4.79 Å². The first kappa shape index (κ1) is 19.2. The molecule has 0 aliphatic heterocycles. The van der Waals surface area contributed by atoms with Crippen molar-refractivity contribution in [2.24, 2.45) is 5.73 Å². The second-order valence-corrected chi connectivity index (χ2v) is 5.70. The number of hydrogen-bond donors (Lipinski definition) is 3. The van der Waals surface area contributed by atoms with Crippen LogP contribution in [0.15, 0.2) is 54.6 Å². The maximum absolute atomic E-state index is 11.3. The minimum Gasteiger partial charge on any atom is -0.466 e. The fourth-order valence-corrected chi connectivity index (χ4v) is 2.42. The molecule has 0 heterocycles. The summed E-state index contributed by atoms with van der Waals surface area (Å²) in [6.45, 7) is 0. The number of rotatable bonds is 8. The molecule has 6 nitrogen and oxygen atoms in total. The average Bonchev–Trinajstić information content (AvgIpc) is 2.65. The molecule has 2 rings (SSSR count). The van der Waals surface area contributed by atoms with Crippen LogP contribution in [-0.2, 0) is 20.7 Å². The van der Waals surface area contributed by atoms with Crippen molar-refractivity contribution < 1.29 is 19.4 Å². The van der Waals surface area contributed by atoms with Crippen molar-refractivity contribution in [3.05, 3.63) is 71.3 Å². The van der Waals surface area contributed by atoms with Crippen LogP contribution in [0.2, 0.25) is 0 Å². The minimum absolute atomic E-state index is 0.258. The third-order valence-corrected chi connectivity index (χ3v) is 3.78. The van der Waals surface area contributed by atoms with Gasteiger partial charge in [-0.05, 0) is 29.7 Å². The Labute approximate surface area is 152 Å². The van der Waals surface area contributed by atoms with Crippen LogP contribution in [-0.4, -0.2) is 24.1 Å². The molecule has 0 aliphatic rings. The van der Waals surface area contributed by atoms with Gasteiger partial charge in [0.25, 0.3) is 0 Å². The number of aliphatic hydroxyl groups is 1. The lowest BCUT2D eigenvalue weighted by molar-refractivity contribution is -0.134. The van der Waals surface area contributed by atoms with Gasteiger partial charge in [0.15, 0.2) is 6.23 Å². The van der Waals surface area contributed by atoms with E-state index in [9.17, 15) is 14.7 Å². The standard InChI is InChI=1S/C20H22N2O4/c1-26-19(24)12-10-15-6-2-3-8-17(15)22-20(25)16-7-4-5-14(13-16)9-11-18(21)23/h2-8,10,12-13,20,22,25H,9,11H2,1H3,(H2,21,23)/b12-10+. The molecule has 2 aromatic carbocycles. The second-order valence-electron chi connectivity index (χ2n) is 5.70. The highest BCUT2D eigenvalue weighted by Crippen LogP contribution is 2.23. The number of primary amides is 1. The topological polar surface area (TPSA) is 102 Å². The molecule has 4 N–H and O–H groups in total. The molecule has 0 bridgehead atoms. The number of carbonyl (C=O) groups excluding carboxylic acids is 2. The van der Waals surface area contributed by atoms with Crippen LogP contribution in [0.25, 0.3) is 6.08 Å². The van der Waals surface area contributed by atoms with Crippen LogP contribution in [0.5, 0.6) is 0 Å². The molecule has 26 heavy (non-hydrogen) atoms. The SMILES string of the molecule is COC(=O)/C=C/c1ccccc1NC(O)c1cccc(CCC(N)=O)c1. The Balaban J connectivity index is 2.14. The fourth-order valence-electron chi connectivity index (χ4n) is 2.42. The van der Waals surface area contributed by atoms with E-state index >= 15 is 0 Å². The lowest BCUT2D eigenvalue weighted by Gasteiger charge is -2.17. The van der Waals surface area contributed by atoms with Gasteiger partial charge in [-0.3, -0.25) is 4.79 Å². The Hall–Kier alpha value is -3.12. The van der Waals surface area contributed by atoms with Crippen LogP contribution in [0.4, 0.5) is 5.69 Å². The van der Waals surface area contributed by atoms with Gasteiger partial charge in [-0.15, -0.1) is 0 Å². The zero-order valence-electron chi connectivity index (χ0n) is 14.5. The Morgan fingerprint density at radius 1 is 1.23 bits per heavy atom. The Bertz CT molecular complexity index is 802. The van der Waals surface area contributed by atoms with E-state index in [1.807, 2.05) is 36.4 Å². The molecule has 136 valence electrons. The summed E-state index contributed by atoms with van der Waals surface area (Å²) >= 11 is 0. The van der Waals surface area contributed by atoms with E-state index in [1.54, 1.807) is 18.2 Å². The number of amides is 1. The van der Waals surface area contributed by atoms with Gasteiger partial charge >= 0.3 is 5.97 Å². The molecular formula is C20H22N2O4. The van der Waals surface area contributed by atoms with Crippen LogP contribution in [0.1, 0.15) is 29.3 Å². The van der Waals surface area contributed by atoms with E-state index in [4.69, 9.17) is 5.73 Å². The normalized spacial score (nSPS) is 11.9. The molecule has 0 aliphatic carbocycles. The van der Waals surface area contributed by atoms with Gasteiger partial charge in [0.2, 0.25) is 5.91 Å². The number of benzene rings is 2. The van der Waals surface area contributed by atoms with Crippen molar-refractivity contribution in [1.82, 2.24) is 0 Å². The van der Waals surface area contributed by atoms with E-state index in [-0.39, 0.29) is 12.3 Å². The molecule has 1 unspecified atom stereocenters. The highest BCUT2D eigenvalue weighted by molar-refractivity contribution is 5.88. The summed E-state index contributed by atoms with van der Waals surface area (Å²) in [5.74, 6) is -0.817. The summed E-state index contributed by atoms with van der Waals surface area (Å²) in [7, 11) is 1.31. The van der Waals surface area contributed by atoms with Crippen LogP contribution in [0, 0.1) is 0 Å². The van der Waals surface area contributed by atoms with E-state index in [0.29, 0.717) is 17.7 Å². The van der Waals surface area contributed by atoms with E-state index in [0.717, 1.165) is 11.1 Å². The summed E-state index contributed by atoms with van der Waals surface area (Å²) in [4.78, 5) is 22.2. The zero-order valence-corrected chi connectivity index (χ0v) is 14.5. The molecular weight excluding hydrogens is 332 g/mol. The number of aryl methyl sites for hydroxylation is 1. The molecule has 0 fully saturated rings. The zero-order chi connectivity index (χ0) is 18.9. The summed E-state index contributed by atoms with van der Waals surface area (Å²) in [6.07, 6.45) is 2.76. The Kier molecular flexibility index (Phi) is 6.93. The number of hydrogen-bond acceptors (Lipinski definition) is 5. The molecule has 0 radical (unpaired) electrons. The predicted octanol–water partition coefficient (Wildman–Crippen LogP) is 2.39. The number of nitrogens with two attached hydrogens (primary N) is 1. The lowest BCUT2D eigenvalue weighted by Crippen LogP contribution is -2.12. The highest BCUT2D eigenvalue weighted by Gasteiger charge is 2.10. The maximum Gasteiger partial charge on any atom is 0.330 e. The number of methoxy groups -OCH3 is 1. The predicted molar refractivity (Wildman–Crippen MR) is 100 cm³/mol. The first-order chi connectivity index (χ1) is 12.5. The first-order valence-corrected chi connectivity index (χ1v) is 8.16. The van der Waals surface area contributed by atoms with Gasteiger partial charge in [0.05, 0.1) is 7.11 Å². The Morgan fingerprint density at radius 3 is 2.73 bits per heavy atom. The first-order valence-electron chi connectivity index (χ1n) is 8.16. The summed E-state index contributed by atoms with van der Waals surface area (Å²) in [5.41, 5.74) is 8.17. The van der Waals surface area contributed by atoms with Crippen LogP contribution < -0.4 is 11.1 Å². The van der Waals surface area contributed by atoms with Crippen molar-refractivity contribution >= 4 is 23.6 Å². The van der Waals surface area contributed by atoms with Crippen LogP contribution in [0.3, 0.4) is 0 Å². The molecule has 0 saturated carbocycles. The summed E-state index contributed by atoms with van der Waals surface area (Å²) < 4.78 is 4.59. The minimum atomic E-state index is -0.948. The van der Waals surface area contributed by atoms with Gasteiger partial charge < -0.3 is 20.9 Å². The number of carbonyl (C=O) groups is 2. The van der Waals surface area contributed by atoms with Crippen molar-refractivity contribution in [2.45, 2.75) is 19.1 Å². The van der Waals surface area contributed by atoms with Crippen molar-refractivity contribution in [3.8, 4) is 0 Å². The number of aliphatic hydroxyl groups excluding tert-OH is 1. The molecule has 0 aromatic heterocycles. The van der Waals surface area contributed by atoms with Gasteiger partial charge in [-0.2, -0.15) is 0 Å². The van der Waals surface area contributed by atoms with Crippen LogP contribution >= 0.6 is 0 Å². The maximum atomic E-state index is 11.3. The van der Waals surface area contributed by atoms with E-state index in [1.165, 1.54) is 13.2 Å². The number of ether oxygens (including phenoxy) is 1. The van der Waals surface area contributed by atoms with Gasteiger partial charge in [0, 0.05) is 23.7 Å². The molecule has 2 aromatic rings. The number of anilines is 1. The Morgan fingerprint density at radius 2 is 2.00 bits per heavy atom. The molecule has 1 atom stereocenters.